The summed E-state index contributed by atoms with van der Waals surface area (Å²) in [5.74, 6) is -1.88. The highest BCUT2D eigenvalue weighted by molar-refractivity contribution is 8.14. The first-order valence-corrected chi connectivity index (χ1v) is 6.07. The van der Waals surface area contributed by atoms with Crippen LogP contribution in [0.3, 0.4) is 0 Å². The van der Waals surface area contributed by atoms with Gasteiger partial charge >= 0.3 is 5.24 Å². The van der Waals surface area contributed by atoms with Gasteiger partial charge in [-0.25, -0.2) is 0 Å². The molecule has 0 atom stereocenters. The number of nitrogens with zero attached hydrogens (tertiary/aromatic N) is 2. The van der Waals surface area contributed by atoms with Crippen molar-refractivity contribution >= 4 is 34.7 Å². The second-order valence-electron chi connectivity index (χ2n) is 3.73. The van der Waals surface area contributed by atoms with Crippen molar-refractivity contribution in [2.75, 3.05) is 5.75 Å². The van der Waals surface area contributed by atoms with Crippen LogP contribution >= 0.6 is 11.8 Å². The number of hydrazine groups is 1. The molecule has 2 heterocycles. The van der Waals surface area contributed by atoms with Gasteiger partial charge in [-0.1, -0.05) is 23.9 Å². The van der Waals surface area contributed by atoms with Crippen LogP contribution < -0.4 is 0 Å². The van der Waals surface area contributed by atoms with Gasteiger partial charge in [0.1, 0.15) is 0 Å². The minimum Gasteiger partial charge on any atom is -0.271 e. The Morgan fingerprint density at radius 1 is 0.889 bits per heavy atom. The van der Waals surface area contributed by atoms with Gasteiger partial charge in [-0.15, -0.1) is 0 Å². The summed E-state index contributed by atoms with van der Waals surface area (Å²) in [5, 5.41) is 0.638. The number of rotatable bonds is 1. The van der Waals surface area contributed by atoms with E-state index in [1.807, 2.05) is 0 Å². The summed E-state index contributed by atoms with van der Waals surface area (Å²) in [7, 11) is 0. The first-order chi connectivity index (χ1) is 8.61. The summed E-state index contributed by atoms with van der Waals surface area (Å²) >= 11 is 0.774. The molecular weight excluding hydrogens is 256 g/mol. The Morgan fingerprint density at radius 2 is 1.44 bits per heavy atom. The number of benzene rings is 1. The van der Waals surface area contributed by atoms with Gasteiger partial charge in [0.2, 0.25) is 0 Å². The predicted molar refractivity (Wildman–Crippen MR) is 61.6 cm³/mol. The van der Waals surface area contributed by atoms with Crippen molar-refractivity contribution in [1.82, 2.24) is 10.0 Å². The standard InChI is InChI=1S/C11H6N2O4S/c14-8-5-18-11(17)12(8)13-9(15)6-3-1-2-4-7(6)10(13)16/h1-4H,5H2. The van der Waals surface area contributed by atoms with Crippen molar-refractivity contribution in [2.24, 2.45) is 0 Å². The van der Waals surface area contributed by atoms with Gasteiger partial charge in [0, 0.05) is 0 Å². The SMILES string of the molecule is O=C1CSC(=O)N1N1C(=O)c2ccccc2C1=O. The first-order valence-electron chi connectivity index (χ1n) is 5.08. The number of carbonyl (C=O) groups is 4. The number of thioether (sulfide) groups is 1. The number of carbonyl (C=O) groups excluding carboxylic acids is 4. The van der Waals surface area contributed by atoms with Crippen molar-refractivity contribution < 1.29 is 19.2 Å². The molecule has 0 radical (unpaired) electrons. The minimum absolute atomic E-state index is 0.0494. The van der Waals surface area contributed by atoms with E-state index in [1.165, 1.54) is 12.1 Å². The van der Waals surface area contributed by atoms with E-state index in [-0.39, 0.29) is 16.9 Å². The monoisotopic (exact) mass is 262 g/mol. The lowest BCUT2D eigenvalue weighted by molar-refractivity contribution is -0.131. The summed E-state index contributed by atoms with van der Waals surface area (Å²) in [6.45, 7) is 0. The molecule has 0 bridgehead atoms. The van der Waals surface area contributed by atoms with Crippen LogP contribution in [0.15, 0.2) is 24.3 Å². The van der Waals surface area contributed by atoms with Gasteiger partial charge < -0.3 is 0 Å². The lowest BCUT2D eigenvalue weighted by Crippen LogP contribution is -2.48. The maximum absolute atomic E-state index is 12.0. The Balaban J connectivity index is 2.07. The number of imide groups is 2. The van der Waals surface area contributed by atoms with Crippen LogP contribution in [0.5, 0.6) is 0 Å². The zero-order valence-corrected chi connectivity index (χ0v) is 9.77. The zero-order chi connectivity index (χ0) is 12.9. The van der Waals surface area contributed by atoms with Crippen molar-refractivity contribution in [3.8, 4) is 0 Å². The van der Waals surface area contributed by atoms with Crippen LogP contribution in [0.25, 0.3) is 0 Å². The predicted octanol–water partition coefficient (Wildman–Crippen LogP) is 0.893. The second-order valence-corrected chi connectivity index (χ2v) is 4.65. The molecule has 3 rings (SSSR count). The highest BCUT2D eigenvalue weighted by Gasteiger charge is 2.46. The molecule has 0 unspecified atom stereocenters. The van der Waals surface area contributed by atoms with Crippen LogP contribution in [-0.4, -0.2) is 38.7 Å². The van der Waals surface area contributed by atoms with Crippen LogP contribution in [0.4, 0.5) is 4.79 Å². The van der Waals surface area contributed by atoms with Crippen LogP contribution in [-0.2, 0) is 4.79 Å². The molecule has 2 aliphatic rings. The number of hydrogen-bond acceptors (Lipinski definition) is 5. The van der Waals surface area contributed by atoms with E-state index in [0.717, 1.165) is 11.8 Å². The molecule has 90 valence electrons. The molecule has 7 heteroatoms. The molecule has 1 saturated heterocycles. The van der Waals surface area contributed by atoms with Crippen molar-refractivity contribution in [1.29, 1.82) is 0 Å². The summed E-state index contributed by atoms with van der Waals surface area (Å²) in [6, 6.07) is 6.23. The maximum Gasteiger partial charge on any atom is 0.308 e. The molecule has 1 aromatic rings. The number of hydrogen-bond donors (Lipinski definition) is 0. The Kier molecular flexibility index (Phi) is 2.24. The largest absolute Gasteiger partial charge is 0.308 e. The van der Waals surface area contributed by atoms with Gasteiger partial charge in [-0.2, -0.15) is 10.0 Å². The molecule has 2 aliphatic heterocycles. The molecule has 0 aliphatic carbocycles. The van der Waals surface area contributed by atoms with E-state index in [0.29, 0.717) is 10.0 Å². The lowest BCUT2D eigenvalue weighted by atomic mass is 10.1. The molecule has 18 heavy (non-hydrogen) atoms. The third kappa shape index (κ3) is 1.31. The fourth-order valence-electron chi connectivity index (χ4n) is 1.90. The molecule has 6 nitrogen and oxygen atoms in total. The number of fused-ring (bicyclic) bond motifs is 1. The van der Waals surface area contributed by atoms with Crippen molar-refractivity contribution in [3.05, 3.63) is 35.4 Å². The molecule has 0 spiro atoms. The van der Waals surface area contributed by atoms with E-state index >= 15 is 0 Å². The quantitative estimate of drug-likeness (QED) is 0.703. The van der Waals surface area contributed by atoms with Gasteiger partial charge in [-0.05, 0) is 12.1 Å². The normalized spacial score (nSPS) is 18.9. The Bertz CT molecular complexity index is 562. The van der Waals surface area contributed by atoms with Gasteiger partial charge in [0.05, 0.1) is 16.9 Å². The third-order valence-corrected chi connectivity index (χ3v) is 3.51. The lowest BCUT2D eigenvalue weighted by Gasteiger charge is -2.22. The molecule has 1 fully saturated rings. The molecule has 0 aromatic heterocycles. The van der Waals surface area contributed by atoms with E-state index in [9.17, 15) is 19.2 Å². The van der Waals surface area contributed by atoms with Crippen LogP contribution in [0.2, 0.25) is 0 Å². The van der Waals surface area contributed by atoms with Crippen molar-refractivity contribution in [2.45, 2.75) is 0 Å². The van der Waals surface area contributed by atoms with Crippen LogP contribution in [0, 0.1) is 0 Å². The minimum atomic E-state index is -0.639. The molecular formula is C11H6N2O4S. The topological polar surface area (TPSA) is 74.8 Å². The molecule has 4 amide bonds. The smallest absolute Gasteiger partial charge is 0.271 e. The molecule has 1 aromatic carbocycles. The molecule has 0 N–H and O–H groups in total. The van der Waals surface area contributed by atoms with E-state index in [1.54, 1.807) is 12.1 Å². The summed E-state index contributed by atoms with van der Waals surface area (Å²) < 4.78 is 0. The van der Waals surface area contributed by atoms with E-state index in [2.05, 4.69) is 0 Å². The van der Waals surface area contributed by atoms with Gasteiger partial charge in [0.15, 0.2) is 0 Å². The van der Waals surface area contributed by atoms with Crippen molar-refractivity contribution in [3.63, 3.8) is 0 Å². The zero-order valence-electron chi connectivity index (χ0n) is 8.95. The van der Waals surface area contributed by atoms with E-state index in [4.69, 9.17) is 0 Å². The average molecular weight is 262 g/mol. The Labute approximate surface area is 106 Å². The highest BCUT2D eigenvalue weighted by atomic mass is 32.2. The maximum atomic E-state index is 12.0. The second kappa shape index (κ2) is 3.67. The third-order valence-electron chi connectivity index (χ3n) is 2.70. The Hall–Kier alpha value is -2.15. The fourth-order valence-corrected chi connectivity index (χ4v) is 2.57. The summed E-state index contributed by atoms with van der Waals surface area (Å²) in [6.07, 6.45) is 0. The number of amides is 4. The van der Waals surface area contributed by atoms with Crippen LogP contribution in [0.1, 0.15) is 20.7 Å². The first kappa shape index (κ1) is 11.0. The average Bonchev–Trinajstić information content (AvgIpc) is 2.81. The highest BCUT2D eigenvalue weighted by Crippen LogP contribution is 2.29. The van der Waals surface area contributed by atoms with Gasteiger partial charge in [0.25, 0.3) is 17.7 Å². The molecule has 0 saturated carbocycles. The summed E-state index contributed by atoms with van der Waals surface area (Å²) in [5.41, 5.74) is 0.417. The fraction of sp³-hybridized carbons (Fsp3) is 0.0909. The van der Waals surface area contributed by atoms with Gasteiger partial charge in [-0.3, -0.25) is 19.2 Å². The Morgan fingerprint density at radius 3 is 1.89 bits per heavy atom. The van der Waals surface area contributed by atoms with E-state index < -0.39 is 23.0 Å². The summed E-state index contributed by atoms with van der Waals surface area (Å²) in [4.78, 5) is 47.2.